The lowest BCUT2D eigenvalue weighted by Gasteiger charge is -2.19. The van der Waals surface area contributed by atoms with Crippen molar-refractivity contribution in [2.24, 2.45) is 0 Å². The third-order valence-corrected chi connectivity index (χ3v) is 4.31. The molecule has 0 saturated heterocycles. The molecule has 0 amide bonds. The SMILES string of the molecule is CNC1(C#N)CCC(Sc2ccccn2)C1. The fourth-order valence-corrected chi connectivity index (χ4v) is 3.30. The number of hydrogen-bond acceptors (Lipinski definition) is 4. The van der Waals surface area contributed by atoms with Crippen LogP contribution in [0.4, 0.5) is 0 Å². The van der Waals surface area contributed by atoms with Gasteiger partial charge in [0.1, 0.15) is 5.54 Å². The van der Waals surface area contributed by atoms with Crippen LogP contribution in [0.15, 0.2) is 29.4 Å². The van der Waals surface area contributed by atoms with Gasteiger partial charge in [0.15, 0.2) is 0 Å². The number of nitrogens with one attached hydrogen (secondary N) is 1. The maximum Gasteiger partial charge on any atom is 0.107 e. The number of nitrogens with zero attached hydrogens (tertiary/aromatic N) is 2. The fraction of sp³-hybridized carbons (Fsp3) is 0.500. The second kappa shape index (κ2) is 4.86. The Bertz CT molecular complexity index is 387. The largest absolute Gasteiger partial charge is 0.302 e. The summed E-state index contributed by atoms with van der Waals surface area (Å²) < 4.78 is 0. The number of aromatic nitrogens is 1. The second-order valence-corrected chi connectivity index (χ2v) is 5.42. The number of rotatable bonds is 3. The molecule has 2 atom stereocenters. The van der Waals surface area contributed by atoms with Crippen molar-refractivity contribution in [3.05, 3.63) is 24.4 Å². The highest BCUT2D eigenvalue weighted by Crippen LogP contribution is 2.38. The monoisotopic (exact) mass is 233 g/mol. The zero-order chi connectivity index (χ0) is 11.4. The second-order valence-electron chi connectivity index (χ2n) is 4.09. The summed E-state index contributed by atoms with van der Waals surface area (Å²) in [6, 6.07) is 8.34. The molecule has 4 heteroatoms. The van der Waals surface area contributed by atoms with Crippen molar-refractivity contribution < 1.29 is 0 Å². The molecule has 1 heterocycles. The van der Waals surface area contributed by atoms with Crippen molar-refractivity contribution in [2.45, 2.75) is 35.1 Å². The van der Waals surface area contributed by atoms with E-state index in [1.165, 1.54) is 0 Å². The van der Waals surface area contributed by atoms with E-state index in [9.17, 15) is 0 Å². The summed E-state index contributed by atoms with van der Waals surface area (Å²) in [4.78, 5) is 4.30. The lowest BCUT2D eigenvalue weighted by atomic mass is 10.0. The normalized spacial score (nSPS) is 28.9. The Morgan fingerprint density at radius 1 is 1.62 bits per heavy atom. The first-order chi connectivity index (χ1) is 7.78. The van der Waals surface area contributed by atoms with Gasteiger partial charge < -0.3 is 5.32 Å². The van der Waals surface area contributed by atoms with Crippen LogP contribution in [0.25, 0.3) is 0 Å². The molecule has 0 spiro atoms. The van der Waals surface area contributed by atoms with Crippen molar-refractivity contribution in [2.75, 3.05) is 7.05 Å². The predicted octanol–water partition coefficient (Wildman–Crippen LogP) is 2.21. The minimum absolute atomic E-state index is 0.313. The third-order valence-electron chi connectivity index (χ3n) is 3.09. The molecule has 1 aliphatic rings. The molecular weight excluding hydrogens is 218 g/mol. The molecule has 1 aliphatic carbocycles. The lowest BCUT2D eigenvalue weighted by molar-refractivity contribution is 0.464. The van der Waals surface area contributed by atoms with E-state index in [1.807, 2.05) is 31.4 Å². The lowest BCUT2D eigenvalue weighted by Crippen LogP contribution is -2.38. The van der Waals surface area contributed by atoms with E-state index in [1.54, 1.807) is 11.8 Å². The van der Waals surface area contributed by atoms with E-state index in [0.717, 1.165) is 24.3 Å². The van der Waals surface area contributed by atoms with Gasteiger partial charge in [0.2, 0.25) is 0 Å². The molecule has 1 fully saturated rings. The van der Waals surface area contributed by atoms with Crippen LogP contribution in [-0.4, -0.2) is 22.8 Å². The summed E-state index contributed by atoms with van der Waals surface area (Å²) in [7, 11) is 1.87. The summed E-state index contributed by atoms with van der Waals surface area (Å²) in [5, 5.41) is 13.9. The number of hydrogen-bond donors (Lipinski definition) is 1. The van der Waals surface area contributed by atoms with Gasteiger partial charge >= 0.3 is 0 Å². The van der Waals surface area contributed by atoms with E-state index in [2.05, 4.69) is 16.4 Å². The zero-order valence-electron chi connectivity index (χ0n) is 9.31. The van der Waals surface area contributed by atoms with Gasteiger partial charge in [0, 0.05) is 11.4 Å². The van der Waals surface area contributed by atoms with E-state index in [-0.39, 0.29) is 5.54 Å². The molecule has 3 nitrogen and oxygen atoms in total. The van der Waals surface area contributed by atoms with Crippen LogP contribution in [0.2, 0.25) is 0 Å². The molecule has 1 N–H and O–H groups in total. The van der Waals surface area contributed by atoms with Crippen LogP contribution in [-0.2, 0) is 0 Å². The average molecular weight is 233 g/mol. The van der Waals surface area contributed by atoms with E-state index in [4.69, 9.17) is 5.26 Å². The smallest absolute Gasteiger partial charge is 0.107 e. The summed E-state index contributed by atoms with van der Waals surface area (Å²) >= 11 is 1.78. The minimum Gasteiger partial charge on any atom is -0.302 e. The highest BCUT2D eigenvalue weighted by Gasteiger charge is 2.38. The zero-order valence-corrected chi connectivity index (χ0v) is 10.1. The molecule has 1 aromatic rings. The third kappa shape index (κ3) is 2.37. The first-order valence-corrected chi connectivity index (χ1v) is 6.34. The van der Waals surface area contributed by atoms with Gasteiger partial charge in [-0.15, -0.1) is 11.8 Å². The van der Waals surface area contributed by atoms with Gasteiger partial charge in [-0.25, -0.2) is 4.98 Å². The molecular formula is C12H15N3S. The topological polar surface area (TPSA) is 48.7 Å². The van der Waals surface area contributed by atoms with Crippen LogP contribution >= 0.6 is 11.8 Å². The average Bonchev–Trinajstić information content (AvgIpc) is 2.75. The van der Waals surface area contributed by atoms with E-state index >= 15 is 0 Å². The molecule has 0 aromatic carbocycles. The number of thioether (sulfide) groups is 1. The van der Waals surface area contributed by atoms with Crippen LogP contribution in [0.3, 0.4) is 0 Å². The Balaban J connectivity index is 1.98. The van der Waals surface area contributed by atoms with Gasteiger partial charge in [0.05, 0.1) is 11.1 Å². The molecule has 2 unspecified atom stereocenters. The fourth-order valence-electron chi connectivity index (χ4n) is 2.07. The number of nitriles is 1. The summed E-state index contributed by atoms with van der Waals surface area (Å²) in [5.74, 6) is 0. The Morgan fingerprint density at radius 2 is 2.50 bits per heavy atom. The van der Waals surface area contributed by atoms with Crippen LogP contribution in [0, 0.1) is 11.3 Å². The summed E-state index contributed by atoms with van der Waals surface area (Å²) in [5.41, 5.74) is -0.313. The Hall–Kier alpha value is -1.05. The number of pyridine rings is 1. The Labute approximate surface area is 100 Å². The van der Waals surface area contributed by atoms with Crippen LogP contribution in [0.1, 0.15) is 19.3 Å². The van der Waals surface area contributed by atoms with Crippen molar-refractivity contribution in [3.8, 4) is 6.07 Å². The van der Waals surface area contributed by atoms with Crippen LogP contribution < -0.4 is 5.32 Å². The van der Waals surface area contributed by atoms with E-state index < -0.39 is 0 Å². The maximum absolute atomic E-state index is 9.16. The Morgan fingerprint density at radius 3 is 3.06 bits per heavy atom. The van der Waals surface area contributed by atoms with Gasteiger partial charge in [0.25, 0.3) is 0 Å². The minimum atomic E-state index is -0.313. The van der Waals surface area contributed by atoms with E-state index in [0.29, 0.717) is 5.25 Å². The van der Waals surface area contributed by atoms with Crippen LogP contribution in [0.5, 0.6) is 0 Å². The first-order valence-electron chi connectivity index (χ1n) is 5.46. The Kier molecular flexibility index (Phi) is 3.47. The molecule has 1 aromatic heterocycles. The van der Waals surface area contributed by atoms with Gasteiger partial charge in [-0.2, -0.15) is 5.26 Å². The summed E-state index contributed by atoms with van der Waals surface area (Å²) in [6.45, 7) is 0. The van der Waals surface area contributed by atoms with Crippen molar-refractivity contribution in [1.29, 1.82) is 5.26 Å². The van der Waals surface area contributed by atoms with Crippen molar-refractivity contribution in [1.82, 2.24) is 10.3 Å². The van der Waals surface area contributed by atoms with Crippen molar-refractivity contribution >= 4 is 11.8 Å². The highest BCUT2D eigenvalue weighted by atomic mass is 32.2. The van der Waals surface area contributed by atoms with Crippen molar-refractivity contribution in [3.63, 3.8) is 0 Å². The quantitative estimate of drug-likeness (QED) is 0.869. The highest BCUT2D eigenvalue weighted by molar-refractivity contribution is 7.99. The molecule has 1 saturated carbocycles. The molecule has 84 valence electrons. The molecule has 0 bridgehead atoms. The maximum atomic E-state index is 9.16. The standard InChI is InChI=1S/C12H15N3S/c1-14-12(9-13)6-5-10(8-12)16-11-4-2-3-7-15-11/h2-4,7,10,14H,5-6,8H2,1H3. The van der Waals surface area contributed by atoms with Gasteiger partial charge in [-0.1, -0.05) is 6.07 Å². The van der Waals surface area contributed by atoms with Gasteiger partial charge in [-0.05, 0) is 38.4 Å². The summed E-state index contributed by atoms with van der Waals surface area (Å²) in [6.07, 6.45) is 4.73. The molecule has 0 radical (unpaired) electrons. The predicted molar refractivity (Wildman–Crippen MR) is 65.1 cm³/mol. The molecule has 2 rings (SSSR count). The molecule has 16 heavy (non-hydrogen) atoms. The first kappa shape index (κ1) is 11.4. The van der Waals surface area contributed by atoms with Gasteiger partial charge in [-0.3, -0.25) is 0 Å². The molecule has 0 aliphatic heterocycles.